The number of halogens is 2. The number of aromatic nitrogens is 4. The van der Waals surface area contributed by atoms with Crippen LogP contribution >= 0.6 is 11.3 Å². The number of pyridine rings is 1. The summed E-state index contributed by atoms with van der Waals surface area (Å²) in [6.07, 6.45) is -1.28. The summed E-state index contributed by atoms with van der Waals surface area (Å²) in [4.78, 5) is 31.7. The number of carbonyl (C=O) groups excluding carboxylic acids is 1. The maximum atomic E-state index is 13.8. The molecule has 1 aliphatic heterocycles. The molecule has 6 rings (SSSR count). The van der Waals surface area contributed by atoms with Gasteiger partial charge in [0.1, 0.15) is 9.71 Å². The number of hydrogen-bond acceptors (Lipinski definition) is 10. The third kappa shape index (κ3) is 4.92. The molecule has 1 amide bonds. The number of nitrogens with zero attached hydrogens (tertiary/aromatic N) is 5. The molecule has 5 aromatic rings. The summed E-state index contributed by atoms with van der Waals surface area (Å²) in [7, 11) is 3.02. The van der Waals surface area contributed by atoms with E-state index in [0.29, 0.717) is 43.5 Å². The van der Waals surface area contributed by atoms with E-state index in [1.165, 1.54) is 41.7 Å². The number of anilines is 1. The fourth-order valence-electron chi connectivity index (χ4n) is 4.46. The van der Waals surface area contributed by atoms with Gasteiger partial charge in [-0.2, -0.15) is 0 Å². The number of benzene rings is 2. The fourth-order valence-corrected chi connectivity index (χ4v) is 5.61. The van der Waals surface area contributed by atoms with E-state index >= 15 is 0 Å². The number of ether oxygens (including phenoxy) is 4. The lowest BCUT2D eigenvalue weighted by atomic mass is 10.1. The normalized spacial score (nSPS) is 14.5. The number of rotatable bonds is 5. The Bertz CT molecular complexity index is 1810. The van der Waals surface area contributed by atoms with Crippen LogP contribution in [-0.4, -0.2) is 53.1 Å². The van der Waals surface area contributed by atoms with E-state index in [-0.39, 0.29) is 23.6 Å². The predicted molar refractivity (Wildman–Crippen MR) is 148 cm³/mol. The number of alkyl halides is 2. The second kappa shape index (κ2) is 10.4. The van der Waals surface area contributed by atoms with E-state index < -0.39 is 18.8 Å². The molecule has 3 aromatic heterocycles. The topological polar surface area (TPSA) is 109 Å². The van der Waals surface area contributed by atoms with Gasteiger partial charge in [-0.1, -0.05) is 0 Å². The summed E-state index contributed by atoms with van der Waals surface area (Å²) in [6, 6.07) is 7.88. The first kappa shape index (κ1) is 26.6. The molecule has 0 radical (unpaired) electrons. The molecule has 0 fully saturated rings. The second-order valence-electron chi connectivity index (χ2n) is 9.32. The maximum absolute atomic E-state index is 13.8. The molecule has 2 aromatic carbocycles. The largest absolute Gasteiger partial charge is 0.480 e. The zero-order valence-corrected chi connectivity index (χ0v) is 23.2. The molecule has 0 saturated heterocycles. The third-order valence-corrected chi connectivity index (χ3v) is 7.60. The van der Waals surface area contributed by atoms with Crippen LogP contribution < -0.4 is 19.1 Å². The first-order valence-electron chi connectivity index (χ1n) is 12.5. The summed E-state index contributed by atoms with van der Waals surface area (Å²) in [5, 5.41) is 0.467. The Labute approximate surface area is 236 Å². The van der Waals surface area contributed by atoms with Gasteiger partial charge < -0.3 is 18.9 Å². The standard InChI is InChI=1S/C28H23F2N5O5S/c1-13-7-19-24(38-12-21(39-19)40-28(36)35(3)16-5-6-31-14(2)8-16)25-22(13)34-27(41-25)17-9-15(26(29)30)10-18-23(17)32-11-20(33-18)37-4/h5-11,21,26H,12H2,1-4H3/t21-/m1/s1. The summed E-state index contributed by atoms with van der Waals surface area (Å²) >= 11 is 1.26. The Morgan fingerprint density at radius 3 is 2.73 bits per heavy atom. The van der Waals surface area contributed by atoms with Crippen LogP contribution in [0.1, 0.15) is 23.2 Å². The average molecular weight is 580 g/mol. The lowest BCUT2D eigenvalue weighted by Crippen LogP contribution is -2.38. The van der Waals surface area contributed by atoms with Gasteiger partial charge in [0.15, 0.2) is 18.1 Å². The zero-order chi connectivity index (χ0) is 28.8. The fraction of sp³-hybridized carbons (Fsp3) is 0.250. The molecule has 0 aliphatic carbocycles. The first-order valence-corrected chi connectivity index (χ1v) is 13.3. The lowest BCUT2D eigenvalue weighted by molar-refractivity contribution is -0.0718. The van der Waals surface area contributed by atoms with Crippen LogP contribution in [0.5, 0.6) is 17.4 Å². The van der Waals surface area contributed by atoms with Crippen LogP contribution in [0.25, 0.3) is 31.8 Å². The van der Waals surface area contributed by atoms with E-state index in [4.69, 9.17) is 23.9 Å². The van der Waals surface area contributed by atoms with Crippen molar-refractivity contribution in [2.75, 3.05) is 25.7 Å². The Balaban J connectivity index is 1.33. The number of methoxy groups -OCH3 is 1. The Morgan fingerprint density at radius 1 is 1.15 bits per heavy atom. The van der Waals surface area contributed by atoms with Crippen molar-refractivity contribution in [2.24, 2.45) is 0 Å². The number of amides is 1. The quantitative estimate of drug-likeness (QED) is 0.239. The number of thiazole rings is 1. The van der Waals surface area contributed by atoms with E-state index in [1.54, 1.807) is 31.4 Å². The molecule has 4 heterocycles. The number of aryl methyl sites for hydroxylation is 2. The number of fused-ring (bicyclic) bond motifs is 4. The average Bonchev–Trinajstić information content (AvgIpc) is 3.42. The van der Waals surface area contributed by atoms with Crippen LogP contribution in [0.4, 0.5) is 19.3 Å². The molecule has 1 aliphatic rings. The van der Waals surface area contributed by atoms with Gasteiger partial charge in [-0.15, -0.1) is 11.3 Å². The molecule has 13 heteroatoms. The van der Waals surface area contributed by atoms with Gasteiger partial charge in [0, 0.05) is 30.1 Å². The van der Waals surface area contributed by atoms with Gasteiger partial charge >= 0.3 is 6.09 Å². The molecule has 41 heavy (non-hydrogen) atoms. The Morgan fingerprint density at radius 2 is 1.98 bits per heavy atom. The van der Waals surface area contributed by atoms with Gasteiger partial charge in [0.25, 0.3) is 12.7 Å². The van der Waals surface area contributed by atoms with Crippen molar-refractivity contribution in [1.29, 1.82) is 0 Å². The van der Waals surface area contributed by atoms with Crippen molar-refractivity contribution in [2.45, 2.75) is 26.6 Å². The Kier molecular flexibility index (Phi) is 6.73. The first-order chi connectivity index (χ1) is 19.7. The molecular weight excluding hydrogens is 556 g/mol. The monoisotopic (exact) mass is 579 g/mol. The molecule has 0 bridgehead atoms. The molecule has 210 valence electrons. The minimum absolute atomic E-state index is 0.0532. The lowest BCUT2D eigenvalue weighted by Gasteiger charge is -2.28. The van der Waals surface area contributed by atoms with Crippen molar-refractivity contribution in [3.05, 3.63) is 59.5 Å². The minimum atomic E-state index is -2.71. The van der Waals surface area contributed by atoms with Crippen molar-refractivity contribution in [3.63, 3.8) is 0 Å². The molecule has 0 saturated carbocycles. The van der Waals surface area contributed by atoms with E-state index in [0.717, 1.165) is 11.3 Å². The van der Waals surface area contributed by atoms with Gasteiger partial charge in [0.2, 0.25) is 5.88 Å². The highest BCUT2D eigenvalue weighted by Gasteiger charge is 2.30. The van der Waals surface area contributed by atoms with Gasteiger partial charge in [0.05, 0.1) is 35.5 Å². The Hall–Kier alpha value is -4.65. The summed E-state index contributed by atoms with van der Waals surface area (Å²) in [5.74, 6) is 1.03. The molecule has 0 unspecified atom stereocenters. The smallest absolute Gasteiger partial charge is 0.417 e. The third-order valence-electron chi connectivity index (χ3n) is 6.51. The molecular formula is C28H23F2N5O5S. The van der Waals surface area contributed by atoms with Gasteiger partial charge in [-0.05, 0) is 49.7 Å². The van der Waals surface area contributed by atoms with Crippen LogP contribution in [0.15, 0.2) is 42.7 Å². The van der Waals surface area contributed by atoms with Gasteiger partial charge in [-0.25, -0.2) is 28.5 Å². The van der Waals surface area contributed by atoms with Crippen LogP contribution in [-0.2, 0) is 4.74 Å². The van der Waals surface area contributed by atoms with Gasteiger partial charge in [-0.3, -0.25) is 9.88 Å². The number of hydrogen-bond donors (Lipinski definition) is 0. The maximum Gasteiger partial charge on any atom is 0.417 e. The zero-order valence-electron chi connectivity index (χ0n) is 22.3. The molecule has 1 atom stereocenters. The highest BCUT2D eigenvalue weighted by Crippen LogP contribution is 2.46. The van der Waals surface area contributed by atoms with Crippen molar-refractivity contribution < 1.29 is 32.5 Å². The second-order valence-corrected chi connectivity index (χ2v) is 10.3. The van der Waals surface area contributed by atoms with Crippen molar-refractivity contribution in [3.8, 4) is 28.0 Å². The summed E-state index contributed by atoms with van der Waals surface area (Å²) in [5.41, 5.74) is 3.68. The number of carbonyl (C=O) groups is 1. The minimum Gasteiger partial charge on any atom is -0.480 e. The van der Waals surface area contributed by atoms with Crippen LogP contribution in [0.3, 0.4) is 0 Å². The van der Waals surface area contributed by atoms with E-state index in [9.17, 15) is 13.6 Å². The molecule has 0 spiro atoms. The van der Waals surface area contributed by atoms with E-state index in [2.05, 4.69) is 15.0 Å². The van der Waals surface area contributed by atoms with E-state index in [1.807, 2.05) is 13.8 Å². The van der Waals surface area contributed by atoms with Crippen LogP contribution in [0.2, 0.25) is 0 Å². The van der Waals surface area contributed by atoms with Crippen molar-refractivity contribution in [1.82, 2.24) is 19.9 Å². The molecule has 0 N–H and O–H groups in total. The highest BCUT2D eigenvalue weighted by atomic mass is 32.1. The SMILES string of the molecule is COc1cnc2c(-c3nc4c(C)cc5c(c4s3)OC[C@@H](OC(=O)N(C)c3ccnc(C)c3)O5)cc(C(F)F)cc2n1. The summed E-state index contributed by atoms with van der Waals surface area (Å²) in [6.45, 7) is 3.62. The highest BCUT2D eigenvalue weighted by molar-refractivity contribution is 7.22. The van der Waals surface area contributed by atoms with Crippen molar-refractivity contribution >= 4 is 44.4 Å². The predicted octanol–water partition coefficient (Wildman–Crippen LogP) is 6.23. The summed E-state index contributed by atoms with van der Waals surface area (Å²) < 4.78 is 50.9. The molecule has 10 nitrogen and oxygen atoms in total. The van der Waals surface area contributed by atoms with Crippen LogP contribution in [0, 0.1) is 13.8 Å².